The fraction of sp³-hybridized carbons (Fsp3) is 0.712. The van der Waals surface area contributed by atoms with Crippen molar-refractivity contribution in [3.05, 3.63) is 71.8 Å². The fourth-order valence-corrected chi connectivity index (χ4v) is 3.76. The van der Waals surface area contributed by atoms with E-state index in [2.05, 4.69) is 9.98 Å². The molecule has 0 radical (unpaired) electrons. The Morgan fingerprint density at radius 1 is 0.557 bits per heavy atom. The molecule has 9 nitrogen and oxygen atoms in total. The molecule has 9 heteroatoms. The maximum atomic E-state index is 10.8. The highest BCUT2D eigenvalue weighted by Gasteiger charge is 2.21. The predicted octanol–water partition coefficient (Wildman–Crippen LogP) is 15.1. The normalized spacial score (nSPS) is 13.5. The van der Waals surface area contributed by atoms with Gasteiger partial charge in [-0.25, -0.2) is 9.98 Å². The lowest BCUT2D eigenvalue weighted by Crippen LogP contribution is -2.18. The molecule has 0 aromatic heterocycles. The first-order valence-electron chi connectivity index (χ1n) is 24.4. The number of nitrogens with zero attached hydrogens (tertiary/aromatic N) is 2. The number of aliphatic hydroxyl groups excluding tert-OH is 1. The van der Waals surface area contributed by atoms with Crippen LogP contribution in [0.2, 0.25) is 0 Å². The van der Waals surface area contributed by atoms with E-state index in [-0.39, 0.29) is 30.3 Å². The minimum Gasteiger partial charge on any atom is -0.475 e. The van der Waals surface area contributed by atoms with Crippen molar-refractivity contribution >= 4 is 17.8 Å². The van der Waals surface area contributed by atoms with Crippen LogP contribution in [0.3, 0.4) is 0 Å². The number of hydrogen-bond donors (Lipinski definition) is 1. The van der Waals surface area contributed by atoms with E-state index in [0.29, 0.717) is 64.3 Å². The van der Waals surface area contributed by atoms with Gasteiger partial charge in [0.25, 0.3) is 0 Å². The largest absolute Gasteiger partial charge is 0.475 e. The van der Waals surface area contributed by atoms with E-state index < -0.39 is 0 Å². The van der Waals surface area contributed by atoms with Crippen LogP contribution in [0.25, 0.3) is 0 Å². The molecular weight excluding hydrogens is 765 g/mol. The molecule has 0 amide bonds. The molecule has 2 aliphatic rings. The van der Waals surface area contributed by atoms with E-state index in [4.69, 9.17) is 28.8 Å². The van der Waals surface area contributed by atoms with Gasteiger partial charge in [-0.3, -0.25) is 4.79 Å². The molecule has 0 fully saturated rings. The molecular formula is C52H106N2O7. The minimum absolute atomic E-state index is 0.0317. The Labute approximate surface area is 381 Å². The number of carbonyl (C=O) groups excluding carboxylic acids is 1. The quantitative estimate of drug-likeness (QED) is 0.158. The first-order chi connectivity index (χ1) is 29.9. The van der Waals surface area contributed by atoms with Gasteiger partial charge in [0.1, 0.15) is 31.4 Å². The Kier molecular flexibility index (Phi) is 95.2. The third-order valence-corrected chi connectivity index (χ3v) is 5.80. The monoisotopic (exact) mass is 871 g/mol. The predicted molar refractivity (Wildman–Crippen MR) is 274 cm³/mol. The van der Waals surface area contributed by atoms with Crippen LogP contribution in [0, 0.1) is 0 Å². The lowest BCUT2D eigenvalue weighted by atomic mass is 10.2. The van der Waals surface area contributed by atoms with Gasteiger partial charge in [0.05, 0.1) is 25.9 Å². The maximum Gasteiger partial charge on any atom is 0.302 e. The van der Waals surface area contributed by atoms with Crippen LogP contribution in [0.4, 0.5) is 0 Å². The van der Waals surface area contributed by atoms with Gasteiger partial charge in [0.2, 0.25) is 11.8 Å². The summed E-state index contributed by atoms with van der Waals surface area (Å²) in [5.41, 5.74) is 1.99. The van der Waals surface area contributed by atoms with Crippen LogP contribution >= 0.6 is 0 Å². The van der Waals surface area contributed by atoms with E-state index in [1.54, 1.807) is 6.92 Å². The van der Waals surface area contributed by atoms with Crippen LogP contribution in [0.5, 0.6) is 0 Å². The number of carbonyl (C=O) groups is 1. The molecule has 4 atom stereocenters. The Hall–Kier alpha value is -3.27. The topological polar surface area (TPSA) is 108 Å². The van der Waals surface area contributed by atoms with Crippen LogP contribution in [0.1, 0.15) is 197 Å². The maximum absolute atomic E-state index is 10.8. The van der Waals surface area contributed by atoms with Crippen molar-refractivity contribution in [2.45, 2.75) is 210 Å². The summed E-state index contributed by atoms with van der Waals surface area (Å²) < 4.78 is 27.2. The second-order valence-corrected chi connectivity index (χ2v) is 9.53. The lowest BCUT2D eigenvalue weighted by molar-refractivity contribution is -0.146. The molecule has 0 aliphatic carbocycles. The molecule has 1 N–H and O–H groups in total. The number of esters is 1. The van der Waals surface area contributed by atoms with Crippen molar-refractivity contribution in [3.63, 3.8) is 0 Å². The standard InChI is InChI=1S/C16H21NO4.C14H19NO3.11C2H6/c1-12(21-13(2)18)8-9-19-10-15-11-20-16(17-15)14-6-4-3-5-7-14;1-11(16)7-8-17-9-13-10-18-14(15-13)12-5-3-2-4-6-12;11*1-2/h3-7,12,15H,8-11H2,1-2H3;2-6,11,13,16H,7-10H2,1H3;11*1-2H3/t12-,15-;11-,13-;;;;;;;;;;;/m11.........../s1. The number of aliphatic hydroxyl groups is 1. The van der Waals surface area contributed by atoms with Crippen LogP contribution in [-0.4, -0.2) is 86.8 Å². The molecule has 0 bridgehead atoms. The van der Waals surface area contributed by atoms with E-state index in [0.717, 1.165) is 11.1 Å². The lowest BCUT2D eigenvalue weighted by Gasteiger charge is -2.12. The third-order valence-electron chi connectivity index (χ3n) is 5.80. The average molecular weight is 871 g/mol. The molecule has 0 spiro atoms. The number of aliphatic imine (C=N–C) groups is 2. The molecule has 2 heterocycles. The van der Waals surface area contributed by atoms with E-state index in [1.165, 1.54) is 6.92 Å². The molecule has 0 saturated heterocycles. The van der Waals surface area contributed by atoms with Gasteiger partial charge in [-0.15, -0.1) is 0 Å². The highest BCUT2D eigenvalue weighted by molar-refractivity contribution is 5.95. The zero-order valence-corrected chi connectivity index (χ0v) is 45.0. The van der Waals surface area contributed by atoms with Crippen molar-refractivity contribution < 1.29 is 33.6 Å². The Morgan fingerprint density at radius 2 is 0.852 bits per heavy atom. The zero-order chi connectivity index (χ0) is 49.9. The highest BCUT2D eigenvalue weighted by Crippen LogP contribution is 2.13. The van der Waals surface area contributed by atoms with Crippen molar-refractivity contribution in [1.82, 2.24) is 0 Å². The summed E-state index contributed by atoms with van der Waals surface area (Å²) in [6, 6.07) is 19.8. The SMILES string of the molecule is CC.CC.CC.CC.CC.CC.CC.CC.CC.CC.CC.CC(=O)O[C@H](C)CCOC[C@@H]1COC(c2ccccc2)=N1.C[C@@H](O)CCOC[C@@H]1COC(c2ccccc2)=N1. The Balaban J connectivity index is -0.0000000875. The Bertz CT molecular complexity index is 1050. The van der Waals surface area contributed by atoms with E-state index >= 15 is 0 Å². The van der Waals surface area contributed by atoms with Gasteiger partial charge in [0, 0.05) is 31.1 Å². The number of ether oxygens (including phenoxy) is 5. The number of rotatable bonds is 13. The highest BCUT2D eigenvalue weighted by atomic mass is 16.5. The first kappa shape index (κ1) is 78.2. The van der Waals surface area contributed by atoms with E-state index in [9.17, 15) is 4.79 Å². The zero-order valence-electron chi connectivity index (χ0n) is 45.0. The summed E-state index contributed by atoms with van der Waals surface area (Å²) in [5.74, 6) is 1.11. The molecule has 2 aromatic rings. The molecule has 366 valence electrons. The summed E-state index contributed by atoms with van der Waals surface area (Å²) in [5, 5.41) is 9.10. The summed E-state index contributed by atoms with van der Waals surface area (Å²) in [7, 11) is 0. The number of benzene rings is 2. The van der Waals surface area contributed by atoms with Crippen LogP contribution in [-0.2, 0) is 28.5 Å². The number of hydrogen-bond acceptors (Lipinski definition) is 9. The van der Waals surface area contributed by atoms with Crippen LogP contribution in [0.15, 0.2) is 70.6 Å². The molecule has 61 heavy (non-hydrogen) atoms. The van der Waals surface area contributed by atoms with Gasteiger partial charge in [-0.05, 0) is 44.5 Å². The van der Waals surface area contributed by atoms with Crippen molar-refractivity contribution in [2.75, 3.05) is 39.6 Å². The van der Waals surface area contributed by atoms with E-state index in [1.807, 2.05) is 220 Å². The third kappa shape index (κ3) is 52.8. The van der Waals surface area contributed by atoms with Gasteiger partial charge < -0.3 is 28.8 Å². The minimum atomic E-state index is -0.312. The molecule has 4 rings (SSSR count). The fourth-order valence-electron chi connectivity index (χ4n) is 3.76. The summed E-state index contributed by atoms with van der Waals surface area (Å²) >= 11 is 0. The summed E-state index contributed by atoms with van der Waals surface area (Å²) in [6.45, 7) is 52.3. The van der Waals surface area contributed by atoms with Gasteiger partial charge >= 0.3 is 5.97 Å². The van der Waals surface area contributed by atoms with Crippen molar-refractivity contribution in [2.24, 2.45) is 9.98 Å². The first-order valence-corrected chi connectivity index (χ1v) is 24.4. The molecule has 2 aromatic carbocycles. The molecule has 0 unspecified atom stereocenters. The second kappa shape index (κ2) is 74.2. The molecule has 2 aliphatic heterocycles. The van der Waals surface area contributed by atoms with Crippen molar-refractivity contribution in [3.8, 4) is 0 Å². The van der Waals surface area contributed by atoms with Crippen molar-refractivity contribution in [1.29, 1.82) is 0 Å². The average Bonchev–Trinajstić information content (AvgIpc) is 4.05. The summed E-state index contributed by atoms with van der Waals surface area (Å²) in [6.07, 6.45) is 0.907. The van der Waals surface area contributed by atoms with Gasteiger partial charge in [0.15, 0.2) is 0 Å². The Morgan fingerprint density at radius 3 is 1.13 bits per heavy atom. The van der Waals surface area contributed by atoms with Gasteiger partial charge in [-0.1, -0.05) is 189 Å². The second-order valence-electron chi connectivity index (χ2n) is 9.53. The summed E-state index contributed by atoms with van der Waals surface area (Å²) in [4.78, 5) is 19.8. The van der Waals surface area contributed by atoms with Crippen LogP contribution < -0.4 is 0 Å². The molecule has 0 saturated carbocycles. The van der Waals surface area contributed by atoms with Gasteiger partial charge in [-0.2, -0.15) is 0 Å². The smallest absolute Gasteiger partial charge is 0.302 e.